The van der Waals surface area contributed by atoms with Crippen molar-refractivity contribution in [3.05, 3.63) is 34.9 Å². The normalized spacial score (nSPS) is 23.6. The molecule has 0 saturated carbocycles. The standard InChI is InChI=1S/C19H26N2O3/c1-13-4-5-15(10-14(13)2)17(22)21-8-6-19(7-9-21)11-16(18(23)24)20(3)12-19/h4-5,10,16H,6-9,11-12H2,1-3H3,(H,23,24)/t16-/m0/s1. The van der Waals surface area contributed by atoms with Crippen LogP contribution in [0.1, 0.15) is 40.7 Å². The van der Waals surface area contributed by atoms with Gasteiger partial charge in [-0.25, -0.2) is 0 Å². The molecule has 5 heteroatoms. The maximum atomic E-state index is 12.7. The van der Waals surface area contributed by atoms with Gasteiger partial charge >= 0.3 is 5.97 Å². The van der Waals surface area contributed by atoms with Crippen LogP contribution in [-0.2, 0) is 4.79 Å². The molecule has 2 fully saturated rings. The lowest BCUT2D eigenvalue weighted by molar-refractivity contribution is -0.141. The lowest BCUT2D eigenvalue weighted by Gasteiger charge is -2.39. The van der Waals surface area contributed by atoms with Gasteiger partial charge in [0.2, 0.25) is 0 Å². The molecule has 5 nitrogen and oxygen atoms in total. The SMILES string of the molecule is Cc1ccc(C(=O)N2CCC3(CC2)C[C@@H](C(=O)O)N(C)C3)cc1C. The molecule has 1 aromatic rings. The van der Waals surface area contributed by atoms with Crippen LogP contribution in [0.4, 0.5) is 0 Å². The summed E-state index contributed by atoms with van der Waals surface area (Å²) >= 11 is 0. The van der Waals surface area contributed by atoms with E-state index in [0.29, 0.717) is 19.5 Å². The Kier molecular flexibility index (Phi) is 4.38. The second kappa shape index (κ2) is 6.20. The molecule has 1 atom stereocenters. The molecule has 1 N–H and O–H groups in total. The van der Waals surface area contributed by atoms with Crippen LogP contribution in [0, 0.1) is 19.3 Å². The van der Waals surface area contributed by atoms with E-state index in [1.54, 1.807) is 0 Å². The molecule has 0 aromatic heterocycles. The van der Waals surface area contributed by atoms with Gasteiger partial charge in [0, 0.05) is 25.2 Å². The van der Waals surface area contributed by atoms with Crippen molar-refractivity contribution in [3.63, 3.8) is 0 Å². The Balaban J connectivity index is 1.66. The van der Waals surface area contributed by atoms with Crippen molar-refractivity contribution >= 4 is 11.9 Å². The molecule has 0 bridgehead atoms. The minimum absolute atomic E-state index is 0.0534. The summed E-state index contributed by atoms with van der Waals surface area (Å²) in [4.78, 5) is 27.9. The van der Waals surface area contributed by atoms with Crippen molar-refractivity contribution in [2.75, 3.05) is 26.7 Å². The molecule has 24 heavy (non-hydrogen) atoms. The number of likely N-dealkylation sites (N-methyl/N-ethyl adjacent to an activating group) is 1. The van der Waals surface area contributed by atoms with Crippen LogP contribution in [0.15, 0.2) is 18.2 Å². The number of carboxylic acid groups (broad SMARTS) is 1. The van der Waals surface area contributed by atoms with E-state index in [1.165, 1.54) is 5.56 Å². The Bertz CT molecular complexity index is 663. The number of hydrogen-bond donors (Lipinski definition) is 1. The number of hydrogen-bond acceptors (Lipinski definition) is 3. The Morgan fingerprint density at radius 1 is 1.17 bits per heavy atom. The van der Waals surface area contributed by atoms with E-state index in [-0.39, 0.29) is 17.4 Å². The Hall–Kier alpha value is -1.88. The molecule has 0 unspecified atom stereocenters. The van der Waals surface area contributed by atoms with Gasteiger partial charge in [-0.1, -0.05) is 6.07 Å². The quantitative estimate of drug-likeness (QED) is 0.904. The van der Waals surface area contributed by atoms with Crippen molar-refractivity contribution in [2.45, 2.75) is 39.2 Å². The highest BCUT2D eigenvalue weighted by molar-refractivity contribution is 5.94. The molecule has 0 radical (unpaired) electrons. The van der Waals surface area contributed by atoms with Gasteiger partial charge in [-0.3, -0.25) is 14.5 Å². The van der Waals surface area contributed by atoms with E-state index in [1.807, 2.05) is 48.9 Å². The summed E-state index contributed by atoms with van der Waals surface area (Å²) in [6.45, 7) is 6.31. The predicted octanol–water partition coefficient (Wildman–Crippen LogP) is 2.31. The smallest absolute Gasteiger partial charge is 0.320 e. The Labute approximate surface area is 143 Å². The molecule has 1 spiro atoms. The zero-order valence-corrected chi connectivity index (χ0v) is 14.7. The van der Waals surface area contributed by atoms with E-state index >= 15 is 0 Å². The Morgan fingerprint density at radius 3 is 2.38 bits per heavy atom. The molecular weight excluding hydrogens is 304 g/mol. The average Bonchev–Trinajstić information content (AvgIpc) is 2.87. The summed E-state index contributed by atoms with van der Waals surface area (Å²) in [6.07, 6.45) is 2.47. The predicted molar refractivity (Wildman–Crippen MR) is 92.2 cm³/mol. The number of likely N-dealkylation sites (tertiary alicyclic amines) is 2. The molecule has 2 heterocycles. The minimum Gasteiger partial charge on any atom is -0.480 e. The van der Waals surface area contributed by atoms with E-state index in [9.17, 15) is 14.7 Å². The average molecular weight is 330 g/mol. The van der Waals surface area contributed by atoms with Crippen molar-refractivity contribution in [3.8, 4) is 0 Å². The number of carbonyl (C=O) groups is 2. The second-order valence-corrected chi connectivity index (χ2v) is 7.56. The van der Waals surface area contributed by atoms with E-state index in [2.05, 4.69) is 0 Å². The number of benzene rings is 1. The zero-order chi connectivity index (χ0) is 17.5. The summed E-state index contributed by atoms with van der Waals surface area (Å²) < 4.78 is 0. The number of nitrogens with zero attached hydrogens (tertiary/aromatic N) is 2. The second-order valence-electron chi connectivity index (χ2n) is 7.56. The summed E-state index contributed by atoms with van der Waals surface area (Å²) in [7, 11) is 1.89. The summed E-state index contributed by atoms with van der Waals surface area (Å²) in [5.41, 5.74) is 3.13. The van der Waals surface area contributed by atoms with Gasteiger partial charge in [-0.2, -0.15) is 0 Å². The fraction of sp³-hybridized carbons (Fsp3) is 0.579. The fourth-order valence-corrected chi connectivity index (χ4v) is 4.15. The maximum absolute atomic E-state index is 12.7. The first-order chi connectivity index (χ1) is 11.3. The first-order valence-corrected chi connectivity index (χ1v) is 8.61. The maximum Gasteiger partial charge on any atom is 0.320 e. The van der Waals surface area contributed by atoms with Gasteiger partial charge in [0.25, 0.3) is 5.91 Å². The molecule has 2 aliphatic rings. The van der Waals surface area contributed by atoms with Gasteiger partial charge in [0.15, 0.2) is 0 Å². The lowest BCUT2D eigenvalue weighted by Crippen LogP contribution is -2.44. The minimum atomic E-state index is -0.733. The zero-order valence-electron chi connectivity index (χ0n) is 14.7. The third kappa shape index (κ3) is 3.05. The number of aryl methyl sites for hydroxylation is 2. The molecule has 1 aromatic carbocycles. The van der Waals surface area contributed by atoms with Crippen LogP contribution < -0.4 is 0 Å². The van der Waals surface area contributed by atoms with E-state index in [0.717, 1.165) is 30.5 Å². The highest BCUT2D eigenvalue weighted by atomic mass is 16.4. The molecular formula is C19H26N2O3. The van der Waals surface area contributed by atoms with Crippen molar-refractivity contribution < 1.29 is 14.7 Å². The van der Waals surface area contributed by atoms with Gasteiger partial charge in [0.05, 0.1) is 0 Å². The molecule has 3 rings (SSSR count). The molecule has 2 saturated heterocycles. The van der Waals surface area contributed by atoms with Crippen LogP contribution >= 0.6 is 0 Å². The summed E-state index contributed by atoms with van der Waals surface area (Å²) in [5.74, 6) is -0.642. The molecule has 130 valence electrons. The summed E-state index contributed by atoms with van der Waals surface area (Å²) in [6, 6.07) is 5.48. The number of carboxylic acids is 1. The number of piperidine rings is 1. The van der Waals surface area contributed by atoms with Crippen molar-refractivity contribution in [1.82, 2.24) is 9.80 Å². The van der Waals surface area contributed by atoms with Gasteiger partial charge in [-0.05, 0) is 68.8 Å². The first-order valence-electron chi connectivity index (χ1n) is 8.61. The van der Waals surface area contributed by atoms with Gasteiger partial charge < -0.3 is 10.0 Å². The van der Waals surface area contributed by atoms with Gasteiger partial charge in [0.1, 0.15) is 6.04 Å². The third-order valence-corrected chi connectivity index (χ3v) is 5.89. The van der Waals surface area contributed by atoms with Crippen LogP contribution in [-0.4, -0.2) is 59.5 Å². The van der Waals surface area contributed by atoms with Crippen molar-refractivity contribution in [2.24, 2.45) is 5.41 Å². The third-order valence-electron chi connectivity index (χ3n) is 5.89. The van der Waals surface area contributed by atoms with Crippen LogP contribution in [0.3, 0.4) is 0 Å². The number of aliphatic carboxylic acids is 1. The highest BCUT2D eigenvalue weighted by Gasteiger charge is 2.47. The van der Waals surface area contributed by atoms with Crippen LogP contribution in [0.2, 0.25) is 0 Å². The van der Waals surface area contributed by atoms with E-state index in [4.69, 9.17) is 0 Å². The monoisotopic (exact) mass is 330 g/mol. The number of carbonyl (C=O) groups excluding carboxylic acids is 1. The van der Waals surface area contributed by atoms with Crippen LogP contribution in [0.25, 0.3) is 0 Å². The molecule has 1 amide bonds. The van der Waals surface area contributed by atoms with Crippen molar-refractivity contribution in [1.29, 1.82) is 0 Å². The van der Waals surface area contributed by atoms with Gasteiger partial charge in [-0.15, -0.1) is 0 Å². The number of amides is 1. The van der Waals surface area contributed by atoms with Crippen LogP contribution in [0.5, 0.6) is 0 Å². The summed E-state index contributed by atoms with van der Waals surface area (Å²) in [5, 5.41) is 9.33. The topological polar surface area (TPSA) is 60.9 Å². The van der Waals surface area contributed by atoms with E-state index < -0.39 is 5.97 Å². The largest absolute Gasteiger partial charge is 0.480 e. The molecule has 2 aliphatic heterocycles. The lowest BCUT2D eigenvalue weighted by atomic mass is 9.76. The fourth-order valence-electron chi connectivity index (χ4n) is 4.15. The molecule has 0 aliphatic carbocycles. The highest BCUT2D eigenvalue weighted by Crippen LogP contribution is 2.43. The first kappa shape index (κ1) is 17.0. The number of rotatable bonds is 2. The Morgan fingerprint density at radius 2 is 1.83 bits per heavy atom.